The number of carbonyl (C=O) groups is 1. The second-order valence-corrected chi connectivity index (χ2v) is 5.65. The summed E-state index contributed by atoms with van der Waals surface area (Å²) >= 11 is 0. The van der Waals surface area contributed by atoms with Crippen molar-refractivity contribution in [2.24, 2.45) is 10.9 Å². The summed E-state index contributed by atoms with van der Waals surface area (Å²) < 4.78 is 5.48. The molecule has 0 saturated carbocycles. The first kappa shape index (κ1) is 15.7. The number of ether oxygens (including phenoxy) is 1. The first-order valence-corrected chi connectivity index (χ1v) is 6.42. The van der Waals surface area contributed by atoms with Gasteiger partial charge in [0.25, 0.3) is 0 Å². The highest BCUT2D eigenvalue weighted by Gasteiger charge is 2.23. The van der Waals surface area contributed by atoms with E-state index < -0.39 is 0 Å². The van der Waals surface area contributed by atoms with Gasteiger partial charge in [0.2, 0.25) is 5.91 Å². The lowest BCUT2D eigenvalue weighted by Crippen LogP contribution is -2.51. The van der Waals surface area contributed by atoms with Crippen LogP contribution >= 0.6 is 0 Å². The SMILES string of the molecule is CC(C)(C)OCC(=O)N1CCN(CC(N)=NO)CC1. The van der Waals surface area contributed by atoms with Crippen LogP contribution in [0.15, 0.2) is 5.16 Å². The van der Waals surface area contributed by atoms with Crippen molar-refractivity contribution in [1.82, 2.24) is 9.80 Å². The van der Waals surface area contributed by atoms with Gasteiger partial charge in [0.1, 0.15) is 6.61 Å². The van der Waals surface area contributed by atoms with Gasteiger partial charge in [-0.15, -0.1) is 0 Å². The van der Waals surface area contributed by atoms with Crippen LogP contribution in [0.1, 0.15) is 20.8 Å². The smallest absolute Gasteiger partial charge is 0.248 e. The number of hydrogen-bond donors (Lipinski definition) is 2. The number of nitrogens with zero attached hydrogens (tertiary/aromatic N) is 3. The van der Waals surface area contributed by atoms with E-state index in [4.69, 9.17) is 15.7 Å². The molecule has 7 heteroatoms. The Morgan fingerprint density at radius 1 is 1.32 bits per heavy atom. The summed E-state index contributed by atoms with van der Waals surface area (Å²) in [5.41, 5.74) is 5.15. The number of oxime groups is 1. The average molecular weight is 272 g/mol. The molecule has 0 aliphatic carbocycles. The van der Waals surface area contributed by atoms with Crippen molar-refractivity contribution in [1.29, 1.82) is 0 Å². The van der Waals surface area contributed by atoms with Gasteiger partial charge >= 0.3 is 0 Å². The molecule has 1 aliphatic rings. The fourth-order valence-corrected chi connectivity index (χ4v) is 1.79. The Morgan fingerprint density at radius 3 is 2.37 bits per heavy atom. The van der Waals surface area contributed by atoms with Gasteiger partial charge in [0, 0.05) is 26.2 Å². The molecular weight excluding hydrogens is 248 g/mol. The molecule has 1 amide bonds. The number of carbonyl (C=O) groups excluding carboxylic acids is 1. The third-order valence-electron chi connectivity index (χ3n) is 2.87. The van der Waals surface area contributed by atoms with Crippen molar-refractivity contribution >= 4 is 11.7 Å². The molecule has 19 heavy (non-hydrogen) atoms. The number of nitrogens with two attached hydrogens (primary N) is 1. The summed E-state index contributed by atoms with van der Waals surface area (Å²) in [6.45, 7) is 9.05. The van der Waals surface area contributed by atoms with Crippen LogP contribution in [0, 0.1) is 0 Å². The van der Waals surface area contributed by atoms with Crippen molar-refractivity contribution in [3.63, 3.8) is 0 Å². The first-order chi connectivity index (χ1) is 8.81. The maximum Gasteiger partial charge on any atom is 0.248 e. The lowest BCUT2D eigenvalue weighted by atomic mass is 10.2. The molecule has 0 spiro atoms. The van der Waals surface area contributed by atoms with Crippen LogP contribution in [0.5, 0.6) is 0 Å². The summed E-state index contributed by atoms with van der Waals surface area (Å²) in [6, 6.07) is 0. The summed E-state index contributed by atoms with van der Waals surface area (Å²) in [5, 5.41) is 11.5. The highest BCUT2D eigenvalue weighted by Crippen LogP contribution is 2.08. The molecule has 0 atom stereocenters. The summed E-state index contributed by atoms with van der Waals surface area (Å²) in [6.07, 6.45) is 0. The van der Waals surface area contributed by atoms with E-state index in [1.54, 1.807) is 4.90 Å². The highest BCUT2D eigenvalue weighted by molar-refractivity contribution is 5.81. The van der Waals surface area contributed by atoms with Crippen molar-refractivity contribution in [2.45, 2.75) is 26.4 Å². The second kappa shape index (κ2) is 6.72. The Labute approximate surface area is 114 Å². The van der Waals surface area contributed by atoms with E-state index in [1.807, 2.05) is 25.7 Å². The van der Waals surface area contributed by atoms with E-state index in [0.717, 1.165) is 13.1 Å². The number of amides is 1. The van der Waals surface area contributed by atoms with Gasteiger partial charge in [-0.25, -0.2) is 0 Å². The molecule has 0 aromatic carbocycles. The van der Waals surface area contributed by atoms with Gasteiger partial charge in [-0.3, -0.25) is 9.69 Å². The van der Waals surface area contributed by atoms with Crippen molar-refractivity contribution in [3.8, 4) is 0 Å². The zero-order valence-corrected chi connectivity index (χ0v) is 11.9. The quantitative estimate of drug-likeness (QED) is 0.317. The van der Waals surface area contributed by atoms with Gasteiger partial charge in [-0.2, -0.15) is 0 Å². The van der Waals surface area contributed by atoms with Crippen molar-refractivity contribution in [2.75, 3.05) is 39.3 Å². The van der Waals surface area contributed by atoms with Crippen LogP contribution in [-0.2, 0) is 9.53 Å². The average Bonchev–Trinajstić information content (AvgIpc) is 2.36. The predicted molar refractivity (Wildman–Crippen MR) is 72.1 cm³/mol. The van der Waals surface area contributed by atoms with E-state index in [-0.39, 0.29) is 24.0 Å². The Morgan fingerprint density at radius 2 is 1.89 bits per heavy atom. The molecule has 1 fully saturated rings. The summed E-state index contributed by atoms with van der Waals surface area (Å²) in [7, 11) is 0. The van der Waals surface area contributed by atoms with Gasteiger partial charge in [0.05, 0.1) is 12.1 Å². The first-order valence-electron chi connectivity index (χ1n) is 6.42. The number of piperazine rings is 1. The molecule has 0 bridgehead atoms. The van der Waals surface area contributed by atoms with Crippen LogP contribution in [0.4, 0.5) is 0 Å². The third-order valence-corrected chi connectivity index (χ3v) is 2.87. The molecule has 0 unspecified atom stereocenters. The van der Waals surface area contributed by atoms with Crippen LogP contribution in [-0.4, -0.2) is 71.7 Å². The van der Waals surface area contributed by atoms with Crippen molar-refractivity contribution < 1.29 is 14.7 Å². The van der Waals surface area contributed by atoms with Crippen LogP contribution in [0.3, 0.4) is 0 Å². The zero-order chi connectivity index (χ0) is 14.5. The maximum atomic E-state index is 11.9. The fourth-order valence-electron chi connectivity index (χ4n) is 1.79. The molecule has 1 saturated heterocycles. The molecule has 3 N–H and O–H groups in total. The van der Waals surface area contributed by atoms with Gasteiger partial charge in [-0.05, 0) is 20.8 Å². The van der Waals surface area contributed by atoms with Crippen molar-refractivity contribution in [3.05, 3.63) is 0 Å². The van der Waals surface area contributed by atoms with Crippen LogP contribution < -0.4 is 5.73 Å². The van der Waals surface area contributed by atoms with Crippen LogP contribution in [0.25, 0.3) is 0 Å². The molecule has 0 aromatic heterocycles. The zero-order valence-electron chi connectivity index (χ0n) is 11.9. The van der Waals surface area contributed by atoms with E-state index in [2.05, 4.69) is 5.16 Å². The Balaban J connectivity index is 2.31. The minimum Gasteiger partial charge on any atom is -0.409 e. The standard InChI is InChI=1S/C12H24N4O3/c1-12(2,3)19-9-11(17)16-6-4-15(5-7-16)8-10(13)14-18/h18H,4-9H2,1-3H3,(H2,13,14). The Bertz CT molecular complexity index is 330. The number of amidine groups is 1. The largest absolute Gasteiger partial charge is 0.409 e. The van der Waals surface area contributed by atoms with E-state index >= 15 is 0 Å². The lowest BCUT2D eigenvalue weighted by molar-refractivity contribution is -0.142. The van der Waals surface area contributed by atoms with Gasteiger partial charge in [0.15, 0.2) is 5.84 Å². The molecule has 0 radical (unpaired) electrons. The maximum absolute atomic E-state index is 11.9. The Kier molecular flexibility index (Phi) is 5.56. The molecule has 0 aromatic rings. The predicted octanol–water partition coefficient (Wildman–Crippen LogP) is -0.308. The molecule has 110 valence electrons. The van der Waals surface area contributed by atoms with E-state index in [1.165, 1.54) is 0 Å². The van der Waals surface area contributed by atoms with Gasteiger partial charge < -0.3 is 20.6 Å². The molecule has 1 aliphatic heterocycles. The highest BCUT2D eigenvalue weighted by atomic mass is 16.5. The normalized spacial score (nSPS) is 18.7. The Hall–Kier alpha value is -1.34. The molecular formula is C12H24N4O3. The number of hydrogen-bond acceptors (Lipinski definition) is 5. The molecule has 1 heterocycles. The topological polar surface area (TPSA) is 91.4 Å². The number of rotatable bonds is 4. The lowest BCUT2D eigenvalue weighted by Gasteiger charge is -2.34. The summed E-state index contributed by atoms with van der Waals surface area (Å²) in [4.78, 5) is 15.8. The van der Waals surface area contributed by atoms with E-state index in [0.29, 0.717) is 19.6 Å². The minimum atomic E-state index is -0.302. The second-order valence-electron chi connectivity index (χ2n) is 5.65. The molecule has 1 rings (SSSR count). The molecule has 7 nitrogen and oxygen atoms in total. The van der Waals surface area contributed by atoms with Crippen LogP contribution in [0.2, 0.25) is 0 Å². The monoisotopic (exact) mass is 272 g/mol. The fraction of sp³-hybridized carbons (Fsp3) is 0.833. The van der Waals surface area contributed by atoms with Gasteiger partial charge in [-0.1, -0.05) is 5.16 Å². The minimum absolute atomic E-state index is 0.0124. The summed E-state index contributed by atoms with van der Waals surface area (Å²) in [5.74, 6) is 0.203. The van der Waals surface area contributed by atoms with E-state index in [9.17, 15) is 4.79 Å². The third kappa shape index (κ3) is 5.89.